The summed E-state index contributed by atoms with van der Waals surface area (Å²) >= 11 is 5.92. The maximum absolute atomic E-state index is 11.3. The number of hydrogen-bond donors (Lipinski definition) is 1. The van der Waals surface area contributed by atoms with Crippen LogP contribution in [0.3, 0.4) is 0 Å². The number of benzene rings is 2. The van der Waals surface area contributed by atoms with Gasteiger partial charge in [-0.3, -0.25) is 4.79 Å². The first-order valence-electron chi connectivity index (χ1n) is 6.49. The summed E-state index contributed by atoms with van der Waals surface area (Å²) in [5, 5.41) is 11.7. The molecule has 2 aromatic carbocycles. The lowest BCUT2D eigenvalue weighted by molar-refractivity contribution is -0.115. The van der Waals surface area contributed by atoms with Crippen LogP contribution >= 0.6 is 11.6 Å². The van der Waals surface area contributed by atoms with Crippen LogP contribution in [0.5, 0.6) is 0 Å². The minimum absolute atomic E-state index is 0.173. The Kier molecular flexibility index (Phi) is 3.77. The largest absolute Gasteiger partial charge is 0.436 e. The van der Waals surface area contributed by atoms with Crippen LogP contribution in [0, 0.1) is 11.3 Å². The van der Waals surface area contributed by atoms with Crippen LogP contribution in [0.25, 0.3) is 22.6 Å². The van der Waals surface area contributed by atoms with Crippen molar-refractivity contribution in [2.24, 2.45) is 0 Å². The number of fused-ring (bicyclic) bond motifs is 1. The molecule has 1 N–H and O–H groups in total. The predicted octanol–water partition coefficient (Wildman–Crippen LogP) is 4.00. The van der Waals surface area contributed by atoms with Crippen molar-refractivity contribution < 1.29 is 9.21 Å². The number of aromatic nitrogens is 1. The molecule has 22 heavy (non-hydrogen) atoms. The highest BCUT2D eigenvalue weighted by atomic mass is 35.5. The second-order valence-corrected chi connectivity index (χ2v) is 5.03. The third kappa shape index (κ3) is 2.92. The Morgan fingerprint density at radius 3 is 2.77 bits per heavy atom. The number of hydrogen-bond acceptors (Lipinski definition) is 4. The highest BCUT2D eigenvalue weighted by molar-refractivity contribution is 6.31. The first kappa shape index (κ1) is 14.1. The summed E-state index contributed by atoms with van der Waals surface area (Å²) in [6, 6.07) is 14.1. The van der Waals surface area contributed by atoms with Gasteiger partial charge in [-0.15, -0.1) is 0 Å². The van der Waals surface area contributed by atoms with Gasteiger partial charge in [-0.2, -0.15) is 5.26 Å². The van der Waals surface area contributed by atoms with E-state index in [0.29, 0.717) is 27.7 Å². The quantitative estimate of drug-likeness (QED) is 0.793. The van der Waals surface area contributed by atoms with Gasteiger partial charge in [0.05, 0.1) is 6.07 Å². The summed E-state index contributed by atoms with van der Waals surface area (Å²) in [6.45, 7) is 0. The molecule has 0 spiro atoms. The molecular formula is C16H10ClN3O2. The number of carbonyl (C=O) groups excluding carboxylic acids is 1. The van der Waals surface area contributed by atoms with E-state index in [2.05, 4.69) is 10.3 Å². The standard InChI is InChI=1S/C16H10ClN3O2/c17-11-3-6-14-13(9-11)20-16(22-14)10-1-4-12(5-2-10)19-15(21)7-8-18/h1-6,9H,7H2,(H,19,21). The van der Waals surface area contributed by atoms with Crippen molar-refractivity contribution in [3.8, 4) is 17.5 Å². The fraction of sp³-hybridized carbons (Fsp3) is 0.0625. The summed E-state index contributed by atoms with van der Waals surface area (Å²) < 4.78 is 5.67. The number of amides is 1. The maximum Gasteiger partial charge on any atom is 0.238 e. The van der Waals surface area contributed by atoms with Gasteiger partial charge in [-0.1, -0.05) is 11.6 Å². The minimum Gasteiger partial charge on any atom is -0.436 e. The normalized spacial score (nSPS) is 10.4. The average molecular weight is 312 g/mol. The number of carbonyl (C=O) groups is 1. The van der Waals surface area contributed by atoms with Crippen molar-refractivity contribution in [2.75, 3.05) is 5.32 Å². The highest BCUT2D eigenvalue weighted by Gasteiger charge is 2.09. The Morgan fingerprint density at radius 1 is 1.27 bits per heavy atom. The zero-order valence-corrected chi connectivity index (χ0v) is 12.1. The summed E-state index contributed by atoms with van der Waals surface area (Å²) in [7, 11) is 0. The molecule has 0 bridgehead atoms. The molecule has 3 rings (SSSR count). The van der Waals surface area contributed by atoms with Crippen molar-refractivity contribution in [1.82, 2.24) is 4.98 Å². The molecule has 1 aromatic heterocycles. The van der Waals surface area contributed by atoms with Crippen LogP contribution in [-0.4, -0.2) is 10.9 Å². The van der Waals surface area contributed by atoms with Crippen LogP contribution in [0.4, 0.5) is 5.69 Å². The summed E-state index contributed by atoms with van der Waals surface area (Å²) in [4.78, 5) is 15.7. The zero-order valence-electron chi connectivity index (χ0n) is 11.3. The van der Waals surface area contributed by atoms with Crippen molar-refractivity contribution >= 4 is 34.3 Å². The number of nitrogens with zero attached hydrogens (tertiary/aromatic N) is 2. The molecule has 0 atom stereocenters. The zero-order chi connectivity index (χ0) is 15.5. The monoisotopic (exact) mass is 311 g/mol. The van der Waals surface area contributed by atoms with Crippen LogP contribution < -0.4 is 5.32 Å². The lowest BCUT2D eigenvalue weighted by Gasteiger charge is -2.02. The number of halogens is 1. The molecule has 6 heteroatoms. The maximum atomic E-state index is 11.3. The van der Waals surface area contributed by atoms with E-state index < -0.39 is 0 Å². The van der Waals surface area contributed by atoms with Crippen molar-refractivity contribution in [3.63, 3.8) is 0 Å². The number of anilines is 1. The van der Waals surface area contributed by atoms with Gasteiger partial charge < -0.3 is 9.73 Å². The summed E-state index contributed by atoms with van der Waals surface area (Å²) in [5.74, 6) is 0.138. The molecule has 108 valence electrons. The van der Waals surface area contributed by atoms with Crippen molar-refractivity contribution in [1.29, 1.82) is 5.26 Å². The molecule has 0 unspecified atom stereocenters. The molecule has 0 saturated carbocycles. The SMILES string of the molecule is N#CCC(=O)Nc1ccc(-c2nc3cc(Cl)ccc3o2)cc1. The highest BCUT2D eigenvalue weighted by Crippen LogP contribution is 2.27. The molecule has 1 amide bonds. The van der Waals surface area contributed by atoms with E-state index >= 15 is 0 Å². The number of nitrogens with one attached hydrogen (secondary N) is 1. The lowest BCUT2D eigenvalue weighted by atomic mass is 10.2. The van der Waals surface area contributed by atoms with Crippen molar-refractivity contribution in [2.45, 2.75) is 6.42 Å². The van der Waals surface area contributed by atoms with Crippen LogP contribution in [0.15, 0.2) is 46.9 Å². The van der Waals surface area contributed by atoms with E-state index in [9.17, 15) is 4.79 Å². The Hall–Kier alpha value is -2.84. The lowest BCUT2D eigenvalue weighted by Crippen LogP contribution is -2.09. The Morgan fingerprint density at radius 2 is 2.05 bits per heavy atom. The third-order valence-electron chi connectivity index (χ3n) is 3.00. The molecule has 0 radical (unpaired) electrons. The minimum atomic E-state index is -0.341. The fourth-order valence-corrected chi connectivity index (χ4v) is 2.16. The van der Waals surface area contributed by atoms with Gasteiger partial charge in [0, 0.05) is 16.3 Å². The van der Waals surface area contributed by atoms with Gasteiger partial charge in [0.2, 0.25) is 11.8 Å². The van der Waals surface area contributed by atoms with E-state index in [1.54, 1.807) is 48.5 Å². The first-order chi connectivity index (χ1) is 10.7. The molecule has 0 fully saturated rings. The fourth-order valence-electron chi connectivity index (χ4n) is 2.00. The molecular weight excluding hydrogens is 302 g/mol. The van der Waals surface area contributed by atoms with Gasteiger partial charge in [0.1, 0.15) is 11.9 Å². The second-order valence-electron chi connectivity index (χ2n) is 4.59. The van der Waals surface area contributed by atoms with E-state index in [-0.39, 0.29) is 12.3 Å². The van der Waals surface area contributed by atoms with E-state index in [4.69, 9.17) is 21.3 Å². The van der Waals surface area contributed by atoms with Crippen LogP contribution in [0.2, 0.25) is 5.02 Å². The summed E-state index contributed by atoms with van der Waals surface area (Å²) in [6.07, 6.45) is -0.173. The molecule has 0 aliphatic carbocycles. The number of oxazole rings is 1. The van der Waals surface area contributed by atoms with Gasteiger partial charge in [-0.25, -0.2) is 4.98 Å². The Bertz CT molecular complexity index is 879. The molecule has 0 aliphatic heterocycles. The van der Waals surface area contributed by atoms with Gasteiger partial charge in [0.25, 0.3) is 0 Å². The Balaban J connectivity index is 1.85. The van der Waals surface area contributed by atoms with E-state index in [1.165, 1.54) is 0 Å². The topological polar surface area (TPSA) is 78.9 Å². The molecule has 5 nitrogen and oxygen atoms in total. The third-order valence-corrected chi connectivity index (χ3v) is 3.24. The second kappa shape index (κ2) is 5.88. The number of rotatable bonds is 3. The first-order valence-corrected chi connectivity index (χ1v) is 6.87. The predicted molar refractivity (Wildman–Crippen MR) is 83.3 cm³/mol. The average Bonchev–Trinajstić information content (AvgIpc) is 2.91. The van der Waals surface area contributed by atoms with Gasteiger partial charge >= 0.3 is 0 Å². The Labute approximate surface area is 131 Å². The van der Waals surface area contributed by atoms with E-state index in [0.717, 1.165) is 5.56 Å². The molecule has 0 aliphatic rings. The van der Waals surface area contributed by atoms with Gasteiger partial charge in [0.15, 0.2) is 5.58 Å². The van der Waals surface area contributed by atoms with Crippen LogP contribution in [-0.2, 0) is 4.79 Å². The molecule has 3 aromatic rings. The van der Waals surface area contributed by atoms with Crippen molar-refractivity contribution in [3.05, 3.63) is 47.5 Å². The smallest absolute Gasteiger partial charge is 0.238 e. The van der Waals surface area contributed by atoms with E-state index in [1.807, 2.05) is 0 Å². The van der Waals surface area contributed by atoms with Crippen LogP contribution in [0.1, 0.15) is 6.42 Å². The van der Waals surface area contributed by atoms with Gasteiger partial charge in [-0.05, 0) is 42.5 Å². The molecule has 1 heterocycles. The number of nitriles is 1. The molecule has 0 saturated heterocycles. The summed E-state index contributed by atoms with van der Waals surface area (Å²) in [5.41, 5.74) is 2.74.